The second-order valence-corrected chi connectivity index (χ2v) is 6.12. The highest BCUT2D eigenvalue weighted by Crippen LogP contribution is 2.27. The van der Waals surface area contributed by atoms with Gasteiger partial charge in [0.25, 0.3) is 5.91 Å². The number of amides is 1. The molecule has 4 rings (SSSR count). The fourth-order valence-electron chi connectivity index (χ4n) is 2.94. The van der Waals surface area contributed by atoms with Gasteiger partial charge in [0.2, 0.25) is 5.89 Å². The Balaban J connectivity index is 1.64. The van der Waals surface area contributed by atoms with Crippen LogP contribution < -0.4 is 4.74 Å². The van der Waals surface area contributed by atoms with Crippen molar-refractivity contribution in [2.45, 2.75) is 13.5 Å². The highest BCUT2D eigenvalue weighted by atomic mass is 19.1. The van der Waals surface area contributed by atoms with Gasteiger partial charge in [-0.3, -0.25) is 9.48 Å². The molecule has 0 N–H and O–H groups in total. The van der Waals surface area contributed by atoms with Crippen LogP contribution in [-0.2, 0) is 13.6 Å². The van der Waals surface area contributed by atoms with E-state index in [0.29, 0.717) is 35.1 Å². The van der Waals surface area contributed by atoms with Gasteiger partial charge in [0.05, 0.1) is 24.8 Å². The number of aromatic nitrogens is 3. The number of hydrogen-bond donors (Lipinski definition) is 0. The van der Waals surface area contributed by atoms with Crippen LogP contribution in [0.5, 0.6) is 5.75 Å². The quantitative estimate of drug-likeness (QED) is 0.706. The Hall–Kier alpha value is -3.16. The highest BCUT2D eigenvalue weighted by molar-refractivity contribution is 5.93. The minimum atomic E-state index is -0.393. The third kappa shape index (κ3) is 2.83. The van der Waals surface area contributed by atoms with Crippen molar-refractivity contribution in [2.75, 3.05) is 13.2 Å². The fourth-order valence-corrected chi connectivity index (χ4v) is 2.94. The molecular formula is C18H17FN4O3. The SMILES string of the molecule is Cc1oc(-c2cnn(C)c2)nc1C(=O)N1CCOc2cccc(F)c2C1. The van der Waals surface area contributed by atoms with Crippen LogP contribution in [0.25, 0.3) is 11.5 Å². The van der Waals surface area contributed by atoms with Crippen molar-refractivity contribution in [3.05, 3.63) is 53.4 Å². The second-order valence-electron chi connectivity index (χ2n) is 6.12. The third-order valence-corrected chi connectivity index (χ3v) is 4.28. The molecule has 0 unspecified atom stereocenters. The van der Waals surface area contributed by atoms with Gasteiger partial charge < -0.3 is 14.1 Å². The summed E-state index contributed by atoms with van der Waals surface area (Å²) < 4.78 is 27.0. The average Bonchev–Trinajstić information content (AvgIpc) is 3.14. The van der Waals surface area contributed by atoms with E-state index in [1.807, 2.05) is 0 Å². The predicted molar refractivity (Wildman–Crippen MR) is 90.1 cm³/mol. The maximum Gasteiger partial charge on any atom is 0.276 e. The van der Waals surface area contributed by atoms with Crippen molar-refractivity contribution < 1.29 is 18.3 Å². The number of benzene rings is 1. The van der Waals surface area contributed by atoms with Crippen LogP contribution in [0.3, 0.4) is 0 Å². The van der Waals surface area contributed by atoms with E-state index in [9.17, 15) is 9.18 Å². The molecule has 1 aromatic carbocycles. The predicted octanol–water partition coefficient (Wildman–Crippen LogP) is 2.56. The molecule has 0 aliphatic carbocycles. The molecule has 0 saturated heterocycles. The summed E-state index contributed by atoms with van der Waals surface area (Å²) in [4.78, 5) is 18.8. The van der Waals surface area contributed by atoms with E-state index < -0.39 is 5.82 Å². The Morgan fingerprint density at radius 3 is 2.96 bits per heavy atom. The van der Waals surface area contributed by atoms with Crippen LogP contribution in [0.2, 0.25) is 0 Å². The lowest BCUT2D eigenvalue weighted by Gasteiger charge is -2.18. The summed E-state index contributed by atoms with van der Waals surface area (Å²) in [5.41, 5.74) is 1.26. The molecule has 0 bridgehead atoms. The van der Waals surface area contributed by atoms with E-state index in [4.69, 9.17) is 9.15 Å². The monoisotopic (exact) mass is 356 g/mol. The largest absolute Gasteiger partial charge is 0.491 e. The summed E-state index contributed by atoms with van der Waals surface area (Å²) in [6.07, 6.45) is 3.37. The van der Waals surface area contributed by atoms with Crippen molar-refractivity contribution in [3.8, 4) is 17.2 Å². The lowest BCUT2D eigenvalue weighted by atomic mass is 10.1. The number of fused-ring (bicyclic) bond motifs is 1. The zero-order chi connectivity index (χ0) is 18.3. The van der Waals surface area contributed by atoms with Gasteiger partial charge in [0.15, 0.2) is 5.69 Å². The first-order chi connectivity index (χ1) is 12.5. The molecule has 0 spiro atoms. The molecule has 0 atom stereocenters. The lowest BCUT2D eigenvalue weighted by Crippen LogP contribution is -2.33. The van der Waals surface area contributed by atoms with Crippen LogP contribution in [0.1, 0.15) is 21.8 Å². The van der Waals surface area contributed by atoms with E-state index in [0.717, 1.165) is 0 Å². The maximum absolute atomic E-state index is 14.1. The standard InChI is InChI=1S/C18H17FN4O3/c1-11-16(21-17(26-11)12-8-20-22(2)9-12)18(24)23-6-7-25-15-5-3-4-14(19)13(15)10-23/h3-5,8-9H,6-7,10H2,1-2H3. The summed E-state index contributed by atoms with van der Waals surface area (Å²) in [6, 6.07) is 4.65. The maximum atomic E-state index is 14.1. The van der Waals surface area contributed by atoms with Gasteiger partial charge in [-0.2, -0.15) is 5.10 Å². The molecule has 1 aliphatic heterocycles. The Labute approximate surface area is 149 Å². The van der Waals surface area contributed by atoms with Crippen LogP contribution in [0.15, 0.2) is 35.0 Å². The third-order valence-electron chi connectivity index (χ3n) is 4.28. The molecule has 3 aromatic rings. The first-order valence-electron chi connectivity index (χ1n) is 8.19. The lowest BCUT2D eigenvalue weighted by molar-refractivity contribution is 0.0725. The number of oxazole rings is 1. The smallest absolute Gasteiger partial charge is 0.276 e. The minimum absolute atomic E-state index is 0.120. The van der Waals surface area contributed by atoms with Gasteiger partial charge in [0.1, 0.15) is 23.9 Å². The molecule has 134 valence electrons. The molecule has 0 radical (unpaired) electrons. The molecule has 2 aromatic heterocycles. The summed E-state index contributed by atoms with van der Waals surface area (Å²) in [5.74, 6) is 0.494. The first kappa shape index (κ1) is 16.3. The van der Waals surface area contributed by atoms with Crippen LogP contribution in [0.4, 0.5) is 4.39 Å². The van der Waals surface area contributed by atoms with Crippen molar-refractivity contribution in [1.82, 2.24) is 19.7 Å². The van der Waals surface area contributed by atoms with Gasteiger partial charge in [0, 0.05) is 18.8 Å². The number of halogens is 1. The Kier molecular flexibility index (Phi) is 3.95. The minimum Gasteiger partial charge on any atom is -0.491 e. The molecule has 8 heteroatoms. The molecule has 0 fully saturated rings. The average molecular weight is 356 g/mol. The molecule has 0 saturated carbocycles. The number of carbonyl (C=O) groups is 1. The van der Waals surface area contributed by atoms with Gasteiger partial charge in [-0.1, -0.05) is 6.07 Å². The number of hydrogen-bond acceptors (Lipinski definition) is 5. The first-order valence-corrected chi connectivity index (χ1v) is 8.19. The molecule has 1 amide bonds. The number of carbonyl (C=O) groups excluding carboxylic acids is 1. The summed E-state index contributed by atoms with van der Waals surface area (Å²) in [7, 11) is 1.79. The topological polar surface area (TPSA) is 73.4 Å². The van der Waals surface area contributed by atoms with E-state index >= 15 is 0 Å². The fraction of sp³-hybridized carbons (Fsp3) is 0.278. The number of rotatable bonds is 2. The second kappa shape index (κ2) is 6.29. The zero-order valence-electron chi connectivity index (χ0n) is 14.4. The summed E-state index contributed by atoms with van der Waals surface area (Å²) in [6.45, 7) is 2.42. The van der Waals surface area contributed by atoms with Crippen LogP contribution in [-0.4, -0.2) is 38.7 Å². The zero-order valence-corrected chi connectivity index (χ0v) is 14.4. The van der Waals surface area contributed by atoms with E-state index in [-0.39, 0.29) is 24.8 Å². The number of aryl methyl sites for hydroxylation is 2. The van der Waals surface area contributed by atoms with E-state index in [1.165, 1.54) is 11.0 Å². The Morgan fingerprint density at radius 1 is 1.35 bits per heavy atom. The van der Waals surface area contributed by atoms with Gasteiger partial charge in [-0.15, -0.1) is 0 Å². The van der Waals surface area contributed by atoms with Gasteiger partial charge in [-0.25, -0.2) is 9.37 Å². The number of nitrogens with zero attached hydrogens (tertiary/aromatic N) is 4. The molecular weight excluding hydrogens is 339 g/mol. The van der Waals surface area contributed by atoms with Gasteiger partial charge >= 0.3 is 0 Å². The van der Waals surface area contributed by atoms with Crippen molar-refractivity contribution in [1.29, 1.82) is 0 Å². The van der Waals surface area contributed by atoms with Crippen LogP contribution >= 0.6 is 0 Å². The van der Waals surface area contributed by atoms with E-state index in [2.05, 4.69) is 10.1 Å². The van der Waals surface area contributed by atoms with E-state index in [1.54, 1.807) is 43.2 Å². The van der Waals surface area contributed by atoms with Crippen LogP contribution in [0, 0.1) is 12.7 Å². The summed E-state index contributed by atoms with van der Waals surface area (Å²) >= 11 is 0. The molecule has 1 aliphatic rings. The normalized spacial score (nSPS) is 13.9. The summed E-state index contributed by atoms with van der Waals surface area (Å²) in [5, 5.41) is 4.08. The molecule has 7 nitrogen and oxygen atoms in total. The Bertz CT molecular complexity index is 979. The highest BCUT2D eigenvalue weighted by Gasteiger charge is 2.27. The van der Waals surface area contributed by atoms with Crippen molar-refractivity contribution in [3.63, 3.8) is 0 Å². The molecule has 3 heterocycles. The van der Waals surface area contributed by atoms with Gasteiger partial charge in [-0.05, 0) is 19.1 Å². The van der Waals surface area contributed by atoms with Crippen molar-refractivity contribution in [2.24, 2.45) is 7.05 Å². The molecule has 26 heavy (non-hydrogen) atoms. The van der Waals surface area contributed by atoms with Crippen molar-refractivity contribution >= 4 is 5.91 Å². The number of ether oxygens (including phenoxy) is 1. The Morgan fingerprint density at radius 2 is 2.19 bits per heavy atom.